The molecule has 1 saturated heterocycles. The van der Waals surface area contributed by atoms with Crippen LogP contribution < -0.4 is 10.6 Å². The molecule has 1 aliphatic heterocycles. The summed E-state index contributed by atoms with van der Waals surface area (Å²) in [7, 11) is 1.75. The summed E-state index contributed by atoms with van der Waals surface area (Å²) >= 11 is 0. The predicted molar refractivity (Wildman–Crippen MR) is 72.1 cm³/mol. The van der Waals surface area contributed by atoms with Crippen LogP contribution in [0.3, 0.4) is 0 Å². The molecule has 1 aromatic heterocycles. The van der Waals surface area contributed by atoms with Crippen LogP contribution in [0.4, 0.5) is 5.82 Å². The van der Waals surface area contributed by atoms with Crippen LogP contribution in [0.5, 0.6) is 0 Å². The van der Waals surface area contributed by atoms with Crippen LogP contribution in [-0.4, -0.2) is 36.6 Å². The van der Waals surface area contributed by atoms with Gasteiger partial charge in [-0.2, -0.15) is 0 Å². The van der Waals surface area contributed by atoms with Gasteiger partial charge in [0.05, 0.1) is 5.60 Å². The Morgan fingerprint density at radius 2 is 2.33 bits per heavy atom. The molecule has 1 unspecified atom stereocenters. The summed E-state index contributed by atoms with van der Waals surface area (Å²) in [5.74, 6) is 0.869. The van der Waals surface area contributed by atoms with E-state index in [0.29, 0.717) is 5.69 Å². The Kier molecular flexibility index (Phi) is 3.52. The minimum Gasteiger partial charge on any atom is -0.382 e. The number of rotatable bonds is 3. The number of nitrogens with two attached hydrogens (primary N) is 1. The fourth-order valence-corrected chi connectivity index (χ4v) is 2.32. The van der Waals surface area contributed by atoms with E-state index in [2.05, 4.69) is 16.8 Å². The van der Waals surface area contributed by atoms with Crippen LogP contribution in [0.2, 0.25) is 0 Å². The Morgan fingerprint density at radius 1 is 1.56 bits per heavy atom. The minimum absolute atomic E-state index is 0.00311. The van der Waals surface area contributed by atoms with Crippen molar-refractivity contribution in [2.24, 2.45) is 5.73 Å². The van der Waals surface area contributed by atoms with Gasteiger partial charge in [0.25, 0.3) is 0 Å². The quantitative estimate of drug-likeness (QED) is 0.626. The molecule has 2 rings (SSSR count). The Morgan fingerprint density at radius 3 is 3.00 bits per heavy atom. The van der Waals surface area contributed by atoms with E-state index in [1.54, 1.807) is 13.2 Å². The Labute approximate surface area is 107 Å². The summed E-state index contributed by atoms with van der Waals surface area (Å²) in [6, 6.07) is 5.59. The van der Waals surface area contributed by atoms with E-state index in [9.17, 15) is 0 Å². The van der Waals surface area contributed by atoms with Crippen molar-refractivity contribution in [1.29, 1.82) is 5.41 Å². The third-order valence-electron chi connectivity index (χ3n) is 3.49. The zero-order valence-corrected chi connectivity index (χ0v) is 10.9. The Hall–Kier alpha value is -1.62. The van der Waals surface area contributed by atoms with Gasteiger partial charge in [0.15, 0.2) is 0 Å². The number of amidine groups is 1. The first kappa shape index (κ1) is 12.8. The van der Waals surface area contributed by atoms with Gasteiger partial charge in [-0.15, -0.1) is 0 Å². The molecule has 5 heteroatoms. The van der Waals surface area contributed by atoms with Gasteiger partial charge < -0.3 is 15.4 Å². The van der Waals surface area contributed by atoms with Crippen molar-refractivity contribution in [3.05, 3.63) is 23.9 Å². The van der Waals surface area contributed by atoms with Crippen LogP contribution in [0.25, 0.3) is 0 Å². The molecule has 2 heterocycles. The van der Waals surface area contributed by atoms with Crippen molar-refractivity contribution in [1.82, 2.24) is 4.98 Å². The summed E-state index contributed by atoms with van der Waals surface area (Å²) in [5, 5.41) is 7.43. The number of hydrogen-bond donors (Lipinski definition) is 2. The van der Waals surface area contributed by atoms with Gasteiger partial charge in [0.1, 0.15) is 17.3 Å². The highest BCUT2D eigenvalue weighted by atomic mass is 16.5. The van der Waals surface area contributed by atoms with Crippen LogP contribution >= 0.6 is 0 Å². The van der Waals surface area contributed by atoms with E-state index < -0.39 is 0 Å². The molecule has 1 aliphatic rings. The lowest BCUT2D eigenvalue weighted by molar-refractivity contribution is -0.00481. The number of hydrogen-bond acceptors (Lipinski definition) is 4. The van der Waals surface area contributed by atoms with Crippen molar-refractivity contribution in [3.63, 3.8) is 0 Å². The normalized spacial score (nSPS) is 24.0. The predicted octanol–water partition coefficient (Wildman–Crippen LogP) is 1.37. The van der Waals surface area contributed by atoms with Crippen molar-refractivity contribution in [2.75, 3.05) is 25.1 Å². The molecular weight excluding hydrogens is 228 g/mol. The van der Waals surface area contributed by atoms with Gasteiger partial charge in [0, 0.05) is 20.2 Å². The number of methoxy groups -OCH3 is 1. The van der Waals surface area contributed by atoms with E-state index in [1.807, 2.05) is 12.1 Å². The van der Waals surface area contributed by atoms with Gasteiger partial charge in [0.2, 0.25) is 0 Å². The number of nitrogen functional groups attached to an aromatic ring is 1. The zero-order chi connectivity index (χ0) is 13.2. The molecule has 3 N–H and O–H groups in total. The summed E-state index contributed by atoms with van der Waals surface area (Å²) in [5.41, 5.74) is 5.88. The van der Waals surface area contributed by atoms with Gasteiger partial charge in [-0.05, 0) is 31.9 Å². The number of pyridine rings is 1. The van der Waals surface area contributed by atoms with Crippen LogP contribution in [0.1, 0.15) is 25.5 Å². The molecule has 98 valence electrons. The molecule has 1 fully saturated rings. The summed E-state index contributed by atoms with van der Waals surface area (Å²) in [4.78, 5) is 6.61. The van der Waals surface area contributed by atoms with Gasteiger partial charge >= 0.3 is 0 Å². The maximum absolute atomic E-state index is 7.43. The molecule has 1 aromatic rings. The number of ether oxygens (including phenoxy) is 1. The van der Waals surface area contributed by atoms with Crippen molar-refractivity contribution in [3.8, 4) is 0 Å². The largest absolute Gasteiger partial charge is 0.382 e. The summed E-state index contributed by atoms with van der Waals surface area (Å²) in [6.07, 6.45) is 2.14. The van der Waals surface area contributed by atoms with Crippen molar-refractivity contribution in [2.45, 2.75) is 25.4 Å². The maximum atomic E-state index is 7.43. The number of aromatic nitrogens is 1. The minimum atomic E-state index is -0.119. The van der Waals surface area contributed by atoms with Gasteiger partial charge in [-0.25, -0.2) is 4.98 Å². The standard InChI is InChI=1S/C13H20N4O/c1-13(18-2)7-4-8-17(9-13)11-6-3-5-10(16-11)12(14)15/h3,5-6H,4,7-9H2,1-2H3,(H3,14,15). The van der Waals surface area contributed by atoms with E-state index in [-0.39, 0.29) is 11.4 Å². The molecule has 1 atom stereocenters. The average Bonchev–Trinajstić information content (AvgIpc) is 2.39. The third kappa shape index (κ3) is 2.61. The van der Waals surface area contributed by atoms with Crippen LogP contribution in [0, 0.1) is 5.41 Å². The number of anilines is 1. The number of piperidine rings is 1. The summed E-state index contributed by atoms with van der Waals surface area (Å²) in [6.45, 7) is 3.90. The third-order valence-corrected chi connectivity index (χ3v) is 3.49. The molecule has 0 aromatic carbocycles. The summed E-state index contributed by atoms with van der Waals surface area (Å²) < 4.78 is 5.57. The fraction of sp³-hybridized carbons (Fsp3) is 0.538. The lowest BCUT2D eigenvalue weighted by Crippen LogP contribution is -2.47. The molecular formula is C13H20N4O. The molecule has 0 bridgehead atoms. The second-order valence-corrected chi connectivity index (χ2v) is 4.97. The number of nitrogens with zero attached hydrogens (tertiary/aromatic N) is 2. The van der Waals surface area contributed by atoms with Crippen molar-refractivity contribution >= 4 is 11.7 Å². The molecule has 0 saturated carbocycles. The molecule has 0 spiro atoms. The first-order valence-corrected chi connectivity index (χ1v) is 6.16. The lowest BCUT2D eigenvalue weighted by Gasteiger charge is -2.40. The Balaban J connectivity index is 2.21. The van der Waals surface area contributed by atoms with Crippen LogP contribution in [0.15, 0.2) is 18.2 Å². The maximum Gasteiger partial charge on any atom is 0.141 e. The zero-order valence-electron chi connectivity index (χ0n) is 10.9. The molecule has 18 heavy (non-hydrogen) atoms. The second-order valence-electron chi connectivity index (χ2n) is 4.97. The smallest absolute Gasteiger partial charge is 0.141 e. The van der Waals surface area contributed by atoms with Gasteiger partial charge in [-0.1, -0.05) is 6.07 Å². The Bertz CT molecular complexity index is 448. The molecule has 0 aliphatic carbocycles. The van der Waals surface area contributed by atoms with E-state index in [4.69, 9.17) is 15.9 Å². The van der Waals surface area contributed by atoms with E-state index in [0.717, 1.165) is 31.7 Å². The SMILES string of the molecule is COC1(C)CCCN(c2cccc(C(=N)N)n2)C1. The highest BCUT2D eigenvalue weighted by molar-refractivity contribution is 5.93. The molecule has 5 nitrogen and oxygen atoms in total. The first-order valence-electron chi connectivity index (χ1n) is 6.16. The topological polar surface area (TPSA) is 75.2 Å². The highest BCUT2D eigenvalue weighted by Crippen LogP contribution is 2.26. The monoisotopic (exact) mass is 248 g/mol. The fourth-order valence-electron chi connectivity index (χ4n) is 2.32. The molecule has 0 amide bonds. The second kappa shape index (κ2) is 4.94. The van der Waals surface area contributed by atoms with Crippen molar-refractivity contribution < 1.29 is 4.74 Å². The number of nitrogens with one attached hydrogen (secondary N) is 1. The van der Waals surface area contributed by atoms with Crippen LogP contribution in [-0.2, 0) is 4.74 Å². The van der Waals surface area contributed by atoms with E-state index in [1.165, 1.54) is 0 Å². The average molecular weight is 248 g/mol. The van der Waals surface area contributed by atoms with E-state index >= 15 is 0 Å². The first-order chi connectivity index (χ1) is 8.54. The lowest BCUT2D eigenvalue weighted by atomic mass is 9.95. The van der Waals surface area contributed by atoms with Gasteiger partial charge in [-0.3, -0.25) is 5.41 Å². The molecule has 0 radical (unpaired) electrons. The highest BCUT2D eigenvalue weighted by Gasteiger charge is 2.31.